The molecule has 2 heterocycles. The molecule has 2 aromatic rings. The van der Waals surface area contributed by atoms with Crippen molar-refractivity contribution in [3.8, 4) is 5.75 Å². The largest absolute Gasteiger partial charge is 0.489 e. The van der Waals surface area contributed by atoms with E-state index in [-0.39, 0.29) is 30.3 Å². The van der Waals surface area contributed by atoms with E-state index in [4.69, 9.17) is 4.74 Å². The van der Waals surface area contributed by atoms with Crippen LogP contribution in [0.15, 0.2) is 48.5 Å². The third kappa shape index (κ3) is 7.65. The van der Waals surface area contributed by atoms with Gasteiger partial charge in [-0.15, -0.1) is 0 Å². The summed E-state index contributed by atoms with van der Waals surface area (Å²) in [5, 5.41) is 19.9. The fourth-order valence-electron chi connectivity index (χ4n) is 5.74. The molecule has 0 fully saturated rings. The minimum Gasteiger partial charge on any atom is -0.489 e. The van der Waals surface area contributed by atoms with Crippen molar-refractivity contribution in [3.63, 3.8) is 0 Å². The van der Waals surface area contributed by atoms with Crippen molar-refractivity contribution in [2.45, 2.75) is 83.2 Å². The maximum atomic E-state index is 13.7. The number of carbonyl (C=O) groups excluding carboxylic acids is 3. The number of aliphatic hydroxyl groups is 1. The van der Waals surface area contributed by atoms with Gasteiger partial charge in [0.25, 0.3) is 0 Å². The van der Waals surface area contributed by atoms with Gasteiger partial charge in [-0.3, -0.25) is 14.4 Å². The zero-order valence-electron chi connectivity index (χ0n) is 24.6. The van der Waals surface area contributed by atoms with Crippen LogP contribution >= 0.6 is 0 Å². The van der Waals surface area contributed by atoms with Gasteiger partial charge in [0.2, 0.25) is 17.7 Å². The zero-order valence-corrected chi connectivity index (χ0v) is 24.6. The van der Waals surface area contributed by atoms with Crippen molar-refractivity contribution in [2.24, 2.45) is 5.92 Å². The third-order valence-corrected chi connectivity index (χ3v) is 8.02. The molecule has 2 bridgehead atoms. The Hall–Kier alpha value is -3.43. The fraction of sp³-hybridized carbons (Fsp3) is 0.531. The molecule has 0 spiro atoms. The predicted octanol–water partition coefficient (Wildman–Crippen LogP) is 1.99. The monoisotopic (exact) mass is 564 g/mol. The van der Waals surface area contributed by atoms with Crippen LogP contribution in [0.1, 0.15) is 50.3 Å². The van der Waals surface area contributed by atoms with Gasteiger partial charge in [0.1, 0.15) is 23.9 Å². The van der Waals surface area contributed by atoms with Gasteiger partial charge in [-0.1, -0.05) is 62.4 Å². The molecule has 3 amide bonds. The molecule has 2 aliphatic rings. The maximum Gasteiger partial charge on any atom is 0.246 e. The van der Waals surface area contributed by atoms with Crippen LogP contribution in [0.3, 0.4) is 0 Å². The molecule has 9 nitrogen and oxygen atoms in total. The van der Waals surface area contributed by atoms with Gasteiger partial charge in [-0.05, 0) is 55.2 Å². The molecule has 0 saturated heterocycles. The Bertz CT molecular complexity index is 1200. The first kappa shape index (κ1) is 30.5. The molecule has 4 N–H and O–H groups in total. The lowest BCUT2D eigenvalue weighted by atomic mass is 9.96. The molecule has 2 aromatic carbocycles. The van der Waals surface area contributed by atoms with E-state index in [9.17, 15) is 19.5 Å². The molecule has 2 aliphatic heterocycles. The van der Waals surface area contributed by atoms with Gasteiger partial charge in [0.15, 0.2) is 0 Å². The average molecular weight is 565 g/mol. The number of carbonyl (C=O) groups is 3. The van der Waals surface area contributed by atoms with Crippen LogP contribution in [-0.2, 0) is 33.6 Å². The van der Waals surface area contributed by atoms with E-state index in [1.807, 2.05) is 50.2 Å². The van der Waals surface area contributed by atoms with Crippen LogP contribution in [-0.4, -0.2) is 78.2 Å². The number of nitrogens with zero attached hydrogens (tertiary/aromatic N) is 1. The first-order valence-electron chi connectivity index (χ1n) is 14.7. The third-order valence-electron chi connectivity index (χ3n) is 8.02. The second-order valence-electron chi connectivity index (χ2n) is 11.6. The van der Waals surface area contributed by atoms with E-state index in [0.29, 0.717) is 19.5 Å². The Labute approximate surface area is 243 Å². The minimum absolute atomic E-state index is 0.0729. The molecule has 2 unspecified atom stereocenters. The Kier molecular flexibility index (Phi) is 10.4. The molecule has 0 saturated carbocycles. The number of hydrogen-bond donors (Lipinski definition) is 4. The summed E-state index contributed by atoms with van der Waals surface area (Å²) in [7, 11) is 1.53. The lowest BCUT2D eigenvalue weighted by molar-refractivity contribution is -0.146. The van der Waals surface area contributed by atoms with Crippen LogP contribution in [0.2, 0.25) is 0 Å². The molecule has 5 atom stereocenters. The number of nitrogens with one attached hydrogen (secondary N) is 3. The topological polar surface area (TPSA) is 120 Å². The fourth-order valence-corrected chi connectivity index (χ4v) is 5.74. The number of amides is 3. The summed E-state index contributed by atoms with van der Waals surface area (Å²) >= 11 is 0. The Morgan fingerprint density at radius 2 is 1.68 bits per heavy atom. The number of aryl methyl sites for hydroxylation is 2. The first-order valence-corrected chi connectivity index (χ1v) is 14.7. The molecule has 0 aromatic heterocycles. The lowest BCUT2D eigenvalue weighted by Crippen LogP contribution is -2.61. The van der Waals surface area contributed by atoms with E-state index in [1.54, 1.807) is 0 Å². The summed E-state index contributed by atoms with van der Waals surface area (Å²) in [5.41, 5.74) is 3.17. The molecule has 222 valence electrons. The van der Waals surface area contributed by atoms with Crippen LogP contribution in [0, 0.1) is 5.92 Å². The smallest absolute Gasteiger partial charge is 0.246 e. The molecule has 9 heteroatoms. The first-order chi connectivity index (χ1) is 19.7. The number of rotatable bonds is 4. The summed E-state index contributed by atoms with van der Waals surface area (Å²) in [4.78, 5) is 42.0. The van der Waals surface area contributed by atoms with Crippen molar-refractivity contribution >= 4 is 17.7 Å². The van der Waals surface area contributed by atoms with Crippen molar-refractivity contribution in [1.29, 1.82) is 0 Å². The normalized spacial score (nSPS) is 25.4. The summed E-state index contributed by atoms with van der Waals surface area (Å²) in [6.07, 6.45) is 2.19. The summed E-state index contributed by atoms with van der Waals surface area (Å²) in [6.45, 7) is 6.29. The van der Waals surface area contributed by atoms with Gasteiger partial charge in [0.05, 0.1) is 12.1 Å². The van der Waals surface area contributed by atoms with Crippen molar-refractivity contribution in [3.05, 3.63) is 65.2 Å². The van der Waals surface area contributed by atoms with E-state index < -0.39 is 30.1 Å². The highest BCUT2D eigenvalue weighted by Crippen LogP contribution is 2.32. The molecular weight excluding hydrogens is 520 g/mol. The maximum absolute atomic E-state index is 13.7. The number of para-hydroxylation sites is 1. The van der Waals surface area contributed by atoms with E-state index in [2.05, 4.69) is 28.1 Å². The second-order valence-corrected chi connectivity index (χ2v) is 11.6. The van der Waals surface area contributed by atoms with Gasteiger partial charge < -0.3 is 30.7 Å². The van der Waals surface area contributed by atoms with Gasteiger partial charge in [-0.2, -0.15) is 0 Å². The zero-order chi connectivity index (χ0) is 29.5. The number of benzene rings is 2. The van der Waals surface area contributed by atoms with E-state index >= 15 is 0 Å². The number of hydrogen-bond acceptors (Lipinski definition) is 6. The molecule has 0 radical (unpaired) electrons. The average Bonchev–Trinajstić information content (AvgIpc) is 2.94. The van der Waals surface area contributed by atoms with Crippen LogP contribution in [0.5, 0.6) is 5.75 Å². The standard InChI is InChI=1S/C32H44N4O5/c1-20(2)27-32(40)36(4)28(21(3)37)31(39)35-26(18-22-10-6-5-7-11-22)30(38)33-17-9-14-23-12-8-13-24-15-16-25(19-34-27)41-29(23)24/h5-8,10-13,20-21,25-28,34,37H,9,14-19H2,1-4H3,(H,33,38)(H,35,39)/t21?,25?,26-,27+,28+/m1/s1. The van der Waals surface area contributed by atoms with Crippen molar-refractivity contribution in [1.82, 2.24) is 20.9 Å². The van der Waals surface area contributed by atoms with E-state index in [0.717, 1.165) is 36.1 Å². The Balaban J connectivity index is 1.64. The Morgan fingerprint density at radius 1 is 0.976 bits per heavy atom. The summed E-state index contributed by atoms with van der Waals surface area (Å²) in [6, 6.07) is 13.0. The van der Waals surface area contributed by atoms with Crippen LogP contribution < -0.4 is 20.7 Å². The Morgan fingerprint density at radius 3 is 2.37 bits per heavy atom. The lowest BCUT2D eigenvalue weighted by Gasteiger charge is -2.35. The molecule has 4 rings (SSSR count). The summed E-state index contributed by atoms with van der Waals surface area (Å²) < 4.78 is 6.45. The van der Waals surface area contributed by atoms with Crippen LogP contribution in [0.25, 0.3) is 0 Å². The van der Waals surface area contributed by atoms with Crippen LogP contribution in [0.4, 0.5) is 0 Å². The number of aliphatic hydroxyl groups excluding tert-OH is 1. The molecular formula is C32H44N4O5. The molecule has 41 heavy (non-hydrogen) atoms. The van der Waals surface area contributed by atoms with Gasteiger partial charge in [0, 0.05) is 26.6 Å². The molecule has 0 aliphatic carbocycles. The van der Waals surface area contributed by atoms with Gasteiger partial charge in [-0.25, -0.2) is 0 Å². The highest BCUT2D eigenvalue weighted by molar-refractivity contribution is 5.93. The SMILES string of the molecule is CC(C)[C@@H]1NCC2CCc3cccc(c3O2)CCCNC(=O)[C@@H](Cc2ccccc2)NC(=O)[C@H](C(C)O)N(C)C1=O. The highest BCUT2D eigenvalue weighted by atomic mass is 16.5. The quantitative estimate of drug-likeness (QED) is 0.451. The van der Waals surface area contributed by atoms with Crippen molar-refractivity contribution < 1.29 is 24.2 Å². The number of ether oxygens (including phenoxy) is 1. The second kappa shape index (κ2) is 14.0. The number of likely N-dealkylation sites (N-methyl/N-ethyl adjacent to an activating group) is 1. The van der Waals surface area contributed by atoms with E-state index in [1.165, 1.54) is 24.4 Å². The van der Waals surface area contributed by atoms with Gasteiger partial charge >= 0.3 is 0 Å². The minimum atomic E-state index is -1.17. The predicted molar refractivity (Wildman–Crippen MR) is 157 cm³/mol. The van der Waals surface area contributed by atoms with Crippen molar-refractivity contribution in [2.75, 3.05) is 20.1 Å². The number of fused-ring (bicyclic) bond motifs is 1. The highest BCUT2D eigenvalue weighted by Gasteiger charge is 2.37. The summed E-state index contributed by atoms with van der Waals surface area (Å²) in [5.74, 6) is -0.354.